The first kappa shape index (κ1) is 14.8. The molecule has 0 bridgehead atoms. The molecule has 1 fully saturated rings. The molecule has 20 heavy (non-hydrogen) atoms. The number of esters is 1. The van der Waals surface area contributed by atoms with Crippen molar-refractivity contribution in [2.75, 3.05) is 6.61 Å². The minimum atomic E-state index is -0.796. The van der Waals surface area contributed by atoms with Crippen LogP contribution in [0.1, 0.15) is 35.4 Å². The summed E-state index contributed by atoms with van der Waals surface area (Å²) in [6, 6.07) is 5.28. The Balaban J connectivity index is 1.83. The van der Waals surface area contributed by atoms with Crippen molar-refractivity contribution < 1.29 is 14.3 Å². The van der Waals surface area contributed by atoms with Crippen molar-refractivity contribution in [3.05, 3.63) is 21.3 Å². The molecular weight excluding hydrogens is 300 g/mol. The minimum absolute atomic E-state index is 0.346. The maximum absolute atomic E-state index is 11.7. The minimum Gasteiger partial charge on any atom is -0.451 e. The Labute approximate surface area is 125 Å². The van der Waals surface area contributed by atoms with Gasteiger partial charge in [-0.25, -0.2) is 4.79 Å². The molecule has 1 aliphatic rings. The number of halogens is 1. The van der Waals surface area contributed by atoms with Crippen LogP contribution in [0.3, 0.4) is 0 Å². The summed E-state index contributed by atoms with van der Waals surface area (Å²) < 4.78 is 5.38. The average Bonchev–Trinajstić information content (AvgIpc) is 3.06. The molecule has 0 aliphatic heterocycles. The largest absolute Gasteiger partial charge is 0.451 e. The molecule has 0 radical (unpaired) electrons. The highest BCUT2D eigenvalue weighted by Crippen LogP contribution is 2.28. The van der Waals surface area contributed by atoms with Crippen LogP contribution in [-0.2, 0) is 9.53 Å². The molecule has 1 amide bonds. The third-order valence-corrected chi connectivity index (χ3v) is 4.37. The van der Waals surface area contributed by atoms with Gasteiger partial charge in [-0.15, -0.1) is 11.3 Å². The van der Waals surface area contributed by atoms with Crippen LogP contribution in [-0.4, -0.2) is 24.0 Å². The number of hydrogen-bond acceptors (Lipinski definition) is 5. The van der Waals surface area contributed by atoms with Crippen LogP contribution >= 0.6 is 22.9 Å². The third kappa shape index (κ3) is 3.50. The van der Waals surface area contributed by atoms with Crippen LogP contribution in [0.2, 0.25) is 4.34 Å². The molecule has 106 valence electrons. The van der Waals surface area contributed by atoms with Crippen molar-refractivity contribution in [3.8, 4) is 6.07 Å². The molecule has 7 heteroatoms. The number of nitrogens with zero attached hydrogens (tertiary/aromatic N) is 1. The molecule has 0 atom stereocenters. The summed E-state index contributed by atoms with van der Waals surface area (Å²) >= 11 is 6.80. The quantitative estimate of drug-likeness (QED) is 0.866. The highest BCUT2D eigenvalue weighted by Gasteiger charge is 2.35. The first-order chi connectivity index (χ1) is 9.54. The van der Waals surface area contributed by atoms with E-state index >= 15 is 0 Å². The monoisotopic (exact) mass is 312 g/mol. The summed E-state index contributed by atoms with van der Waals surface area (Å²) in [5.74, 6) is -1.04. The second-order valence-electron chi connectivity index (χ2n) is 4.63. The van der Waals surface area contributed by atoms with E-state index in [2.05, 4.69) is 11.4 Å². The lowest BCUT2D eigenvalue weighted by Crippen LogP contribution is -2.46. The number of nitrogens with one attached hydrogen (secondary N) is 1. The Morgan fingerprint density at radius 2 is 2.15 bits per heavy atom. The fourth-order valence-electron chi connectivity index (χ4n) is 2.17. The second kappa shape index (κ2) is 6.25. The van der Waals surface area contributed by atoms with Gasteiger partial charge in [0.05, 0.1) is 10.4 Å². The summed E-state index contributed by atoms with van der Waals surface area (Å²) in [6.45, 7) is -0.391. The molecule has 1 aliphatic carbocycles. The molecule has 1 heterocycles. The molecular formula is C13H13ClN2O3S. The van der Waals surface area contributed by atoms with Crippen LogP contribution in [0.5, 0.6) is 0 Å². The Hall–Kier alpha value is -1.58. The van der Waals surface area contributed by atoms with Crippen molar-refractivity contribution in [3.63, 3.8) is 0 Å². The molecule has 0 saturated heterocycles. The number of nitriles is 1. The summed E-state index contributed by atoms with van der Waals surface area (Å²) in [5.41, 5.74) is -0.796. The molecule has 0 unspecified atom stereocenters. The average molecular weight is 313 g/mol. The van der Waals surface area contributed by atoms with Crippen LogP contribution < -0.4 is 5.32 Å². The lowest BCUT2D eigenvalue weighted by Gasteiger charge is -2.21. The van der Waals surface area contributed by atoms with Crippen molar-refractivity contribution in [2.24, 2.45) is 0 Å². The fraction of sp³-hybridized carbons (Fsp3) is 0.462. The van der Waals surface area contributed by atoms with E-state index in [0.717, 1.165) is 24.2 Å². The zero-order chi connectivity index (χ0) is 14.6. The van der Waals surface area contributed by atoms with Gasteiger partial charge in [-0.3, -0.25) is 4.79 Å². The van der Waals surface area contributed by atoms with Crippen molar-refractivity contribution in [2.45, 2.75) is 31.2 Å². The van der Waals surface area contributed by atoms with E-state index in [4.69, 9.17) is 21.6 Å². The van der Waals surface area contributed by atoms with E-state index in [9.17, 15) is 9.59 Å². The van der Waals surface area contributed by atoms with Crippen LogP contribution in [0, 0.1) is 11.3 Å². The smallest absolute Gasteiger partial charge is 0.348 e. The SMILES string of the molecule is N#CC1(NC(=O)COC(=O)c2ccc(Cl)s2)CCCC1. The summed E-state index contributed by atoms with van der Waals surface area (Å²) in [6.07, 6.45) is 3.12. The normalized spacial score (nSPS) is 16.4. The standard InChI is InChI=1S/C13H13ClN2O3S/c14-10-4-3-9(20-10)12(18)19-7-11(17)16-13(8-15)5-1-2-6-13/h3-4H,1-2,5-7H2,(H,16,17). The van der Waals surface area contributed by atoms with Crippen LogP contribution in [0.25, 0.3) is 0 Å². The molecule has 1 saturated carbocycles. The van der Waals surface area contributed by atoms with Crippen LogP contribution in [0.15, 0.2) is 12.1 Å². The number of ether oxygens (including phenoxy) is 1. The Kier molecular flexibility index (Phi) is 4.63. The van der Waals surface area contributed by atoms with E-state index in [1.807, 2.05) is 0 Å². The lowest BCUT2D eigenvalue weighted by atomic mass is 10.00. The van der Waals surface area contributed by atoms with Gasteiger partial charge in [-0.05, 0) is 37.8 Å². The van der Waals surface area contributed by atoms with E-state index < -0.39 is 24.0 Å². The number of carbonyl (C=O) groups is 2. The maximum atomic E-state index is 11.7. The summed E-state index contributed by atoms with van der Waals surface area (Å²) in [7, 11) is 0. The second-order valence-corrected chi connectivity index (χ2v) is 6.34. The molecule has 1 aromatic rings. The topological polar surface area (TPSA) is 79.2 Å². The van der Waals surface area contributed by atoms with Gasteiger partial charge in [0, 0.05) is 0 Å². The molecule has 1 aromatic heterocycles. The van der Waals surface area contributed by atoms with Gasteiger partial charge in [0.15, 0.2) is 6.61 Å². The Morgan fingerprint density at radius 3 is 2.70 bits per heavy atom. The molecule has 1 N–H and O–H groups in total. The van der Waals surface area contributed by atoms with Crippen molar-refractivity contribution in [1.29, 1.82) is 5.26 Å². The van der Waals surface area contributed by atoms with Gasteiger partial charge in [-0.2, -0.15) is 5.26 Å². The Morgan fingerprint density at radius 1 is 1.45 bits per heavy atom. The van der Waals surface area contributed by atoms with Crippen LogP contribution in [0.4, 0.5) is 0 Å². The highest BCUT2D eigenvalue weighted by molar-refractivity contribution is 7.17. The predicted molar refractivity (Wildman–Crippen MR) is 74.6 cm³/mol. The highest BCUT2D eigenvalue weighted by atomic mass is 35.5. The van der Waals surface area contributed by atoms with Gasteiger partial charge in [0.25, 0.3) is 5.91 Å². The fourth-order valence-corrected chi connectivity index (χ4v) is 3.11. The first-order valence-electron chi connectivity index (χ1n) is 6.19. The van der Waals surface area contributed by atoms with Gasteiger partial charge in [0.1, 0.15) is 10.4 Å². The molecule has 0 aromatic carbocycles. The zero-order valence-electron chi connectivity index (χ0n) is 10.6. The Bertz CT molecular complexity index is 558. The van der Waals surface area contributed by atoms with Gasteiger partial charge < -0.3 is 10.1 Å². The van der Waals surface area contributed by atoms with E-state index in [-0.39, 0.29) is 0 Å². The molecule has 5 nitrogen and oxygen atoms in total. The molecule has 2 rings (SSSR count). The summed E-state index contributed by atoms with van der Waals surface area (Å²) in [4.78, 5) is 23.7. The number of thiophene rings is 1. The van der Waals surface area contributed by atoms with Crippen molar-refractivity contribution >= 4 is 34.8 Å². The first-order valence-corrected chi connectivity index (χ1v) is 7.39. The number of carbonyl (C=O) groups excluding carboxylic acids is 2. The predicted octanol–water partition coefficient (Wildman–Crippen LogP) is 2.51. The van der Waals surface area contributed by atoms with Gasteiger partial charge in [-0.1, -0.05) is 11.6 Å². The lowest BCUT2D eigenvalue weighted by molar-refractivity contribution is -0.125. The number of hydrogen-bond donors (Lipinski definition) is 1. The third-order valence-electron chi connectivity index (χ3n) is 3.16. The maximum Gasteiger partial charge on any atom is 0.348 e. The van der Waals surface area contributed by atoms with Crippen molar-refractivity contribution in [1.82, 2.24) is 5.32 Å². The zero-order valence-corrected chi connectivity index (χ0v) is 12.2. The summed E-state index contributed by atoms with van der Waals surface area (Å²) in [5, 5.41) is 11.8. The van der Waals surface area contributed by atoms with E-state index in [1.54, 1.807) is 12.1 Å². The number of amides is 1. The van der Waals surface area contributed by atoms with Gasteiger partial charge in [0.2, 0.25) is 0 Å². The van der Waals surface area contributed by atoms with E-state index in [1.165, 1.54) is 0 Å². The van der Waals surface area contributed by atoms with Gasteiger partial charge >= 0.3 is 5.97 Å². The number of rotatable bonds is 4. The van der Waals surface area contributed by atoms with E-state index in [0.29, 0.717) is 22.1 Å². The molecule has 0 spiro atoms.